The third-order valence-corrected chi connectivity index (χ3v) is 3.16. The van der Waals surface area contributed by atoms with E-state index in [9.17, 15) is 9.90 Å². The smallest absolute Gasteiger partial charge is 0.223 e. The summed E-state index contributed by atoms with van der Waals surface area (Å²) in [4.78, 5) is 17.2. The van der Waals surface area contributed by atoms with Gasteiger partial charge in [-0.3, -0.25) is 9.69 Å². The second-order valence-corrected chi connectivity index (χ2v) is 5.33. The van der Waals surface area contributed by atoms with Crippen molar-refractivity contribution in [1.82, 2.24) is 9.88 Å². The number of β-amino-alcohol motifs (C(OH)–C–C–N with tert-alkyl or cyclic N) is 1. The number of amides is 1. The fraction of sp³-hybridized carbons (Fsp3) is 0.600. The molecule has 0 spiro atoms. The quantitative estimate of drug-likeness (QED) is 0.816. The molecular formula is C10H15N3O2S. The Kier molecular flexibility index (Phi) is 2.96. The second kappa shape index (κ2) is 4.12. The Morgan fingerprint density at radius 3 is 3.00 bits per heavy atom. The van der Waals surface area contributed by atoms with Gasteiger partial charge in [-0.1, -0.05) is 0 Å². The van der Waals surface area contributed by atoms with E-state index in [4.69, 9.17) is 0 Å². The summed E-state index contributed by atoms with van der Waals surface area (Å²) in [5.74, 6) is -0.104. The Morgan fingerprint density at radius 1 is 1.75 bits per heavy atom. The molecule has 2 rings (SSSR count). The van der Waals surface area contributed by atoms with Gasteiger partial charge in [-0.15, -0.1) is 11.3 Å². The molecule has 0 aromatic carbocycles. The van der Waals surface area contributed by atoms with Crippen LogP contribution in [0.1, 0.15) is 19.5 Å². The highest BCUT2D eigenvalue weighted by Gasteiger charge is 2.36. The van der Waals surface area contributed by atoms with Crippen molar-refractivity contribution in [3.63, 3.8) is 0 Å². The molecule has 0 atom stereocenters. The third-order valence-electron chi connectivity index (χ3n) is 2.35. The van der Waals surface area contributed by atoms with Gasteiger partial charge in [0.1, 0.15) is 0 Å². The van der Waals surface area contributed by atoms with Crippen molar-refractivity contribution in [1.29, 1.82) is 0 Å². The SMILES string of the molecule is CC(=O)Nc1nc(CN2CC(C)(O)C2)cs1. The van der Waals surface area contributed by atoms with Crippen LogP contribution in [-0.2, 0) is 11.3 Å². The van der Waals surface area contributed by atoms with Crippen LogP contribution in [0.25, 0.3) is 0 Å². The lowest BCUT2D eigenvalue weighted by Crippen LogP contribution is -2.59. The minimum absolute atomic E-state index is 0.104. The molecule has 1 amide bonds. The standard InChI is InChI=1S/C10H15N3O2S/c1-7(14)11-9-12-8(4-16-9)3-13-5-10(2,15)6-13/h4,15H,3,5-6H2,1-2H3,(H,11,12,14). The number of hydrogen-bond acceptors (Lipinski definition) is 5. The molecule has 1 aliphatic heterocycles. The van der Waals surface area contributed by atoms with Gasteiger partial charge in [0.25, 0.3) is 0 Å². The molecule has 2 N–H and O–H groups in total. The van der Waals surface area contributed by atoms with Crippen molar-refractivity contribution in [3.05, 3.63) is 11.1 Å². The molecule has 5 nitrogen and oxygen atoms in total. The lowest BCUT2D eigenvalue weighted by molar-refractivity contribution is -0.114. The summed E-state index contributed by atoms with van der Waals surface area (Å²) in [6, 6.07) is 0. The van der Waals surface area contributed by atoms with Gasteiger partial charge in [0.2, 0.25) is 5.91 Å². The Morgan fingerprint density at radius 2 is 2.44 bits per heavy atom. The number of carbonyl (C=O) groups is 1. The molecule has 0 unspecified atom stereocenters. The predicted molar refractivity (Wildman–Crippen MR) is 62.3 cm³/mol. The summed E-state index contributed by atoms with van der Waals surface area (Å²) in [5, 5.41) is 14.8. The topological polar surface area (TPSA) is 65.5 Å². The number of hydrogen-bond donors (Lipinski definition) is 2. The molecule has 6 heteroatoms. The van der Waals surface area contributed by atoms with E-state index >= 15 is 0 Å². The average molecular weight is 241 g/mol. The van der Waals surface area contributed by atoms with Crippen molar-refractivity contribution < 1.29 is 9.90 Å². The van der Waals surface area contributed by atoms with Crippen LogP contribution in [0.3, 0.4) is 0 Å². The van der Waals surface area contributed by atoms with E-state index in [1.165, 1.54) is 18.3 Å². The van der Waals surface area contributed by atoms with Crippen molar-refractivity contribution in [3.8, 4) is 0 Å². The number of anilines is 1. The number of nitrogens with zero attached hydrogens (tertiary/aromatic N) is 2. The van der Waals surface area contributed by atoms with Gasteiger partial charge in [0.15, 0.2) is 5.13 Å². The Balaban J connectivity index is 1.86. The fourth-order valence-electron chi connectivity index (χ4n) is 1.85. The molecular weight excluding hydrogens is 226 g/mol. The van der Waals surface area contributed by atoms with Crippen LogP contribution in [-0.4, -0.2) is 39.6 Å². The number of aliphatic hydroxyl groups is 1. The maximum Gasteiger partial charge on any atom is 0.223 e. The molecule has 88 valence electrons. The van der Waals surface area contributed by atoms with Crippen LogP contribution < -0.4 is 5.32 Å². The van der Waals surface area contributed by atoms with Gasteiger partial charge in [-0.05, 0) is 6.92 Å². The third kappa shape index (κ3) is 2.78. The van der Waals surface area contributed by atoms with Crippen LogP contribution in [0.5, 0.6) is 0 Å². The largest absolute Gasteiger partial charge is 0.388 e. The van der Waals surface area contributed by atoms with Crippen molar-refractivity contribution in [2.24, 2.45) is 0 Å². The average Bonchev–Trinajstić information content (AvgIpc) is 2.48. The molecule has 1 saturated heterocycles. The van der Waals surface area contributed by atoms with Crippen LogP contribution in [0.15, 0.2) is 5.38 Å². The Hall–Kier alpha value is -0.980. The molecule has 0 saturated carbocycles. The highest BCUT2D eigenvalue weighted by Crippen LogP contribution is 2.23. The molecule has 0 radical (unpaired) electrons. The van der Waals surface area contributed by atoms with Gasteiger partial charge in [0, 0.05) is 31.9 Å². The summed E-state index contributed by atoms with van der Waals surface area (Å²) >= 11 is 1.42. The van der Waals surface area contributed by atoms with Crippen LogP contribution in [0.4, 0.5) is 5.13 Å². The van der Waals surface area contributed by atoms with Gasteiger partial charge in [-0.25, -0.2) is 4.98 Å². The van der Waals surface area contributed by atoms with Gasteiger partial charge in [-0.2, -0.15) is 0 Å². The second-order valence-electron chi connectivity index (χ2n) is 4.47. The summed E-state index contributed by atoms with van der Waals surface area (Å²) in [6.45, 7) is 5.38. The van der Waals surface area contributed by atoms with E-state index in [2.05, 4.69) is 15.2 Å². The number of nitrogens with one attached hydrogen (secondary N) is 1. The number of aromatic nitrogens is 1. The maximum atomic E-state index is 10.8. The van der Waals surface area contributed by atoms with Crippen molar-refractivity contribution in [2.75, 3.05) is 18.4 Å². The predicted octanol–water partition coefficient (Wildman–Crippen LogP) is 0.668. The first kappa shape index (κ1) is 11.5. The lowest BCUT2D eigenvalue weighted by Gasteiger charge is -2.43. The maximum absolute atomic E-state index is 10.8. The molecule has 1 aromatic rings. The number of thiazole rings is 1. The first-order chi connectivity index (χ1) is 7.44. The lowest BCUT2D eigenvalue weighted by atomic mass is 9.97. The zero-order valence-corrected chi connectivity index (χ0v) is 10.2. The fourth-order valence-corrected chi connectivity index (χ4v) is 2.59. The van der Waals surface area contributed by atoms with E-state index in [0.29, 0.717) is 18.2 Å². The summed E-state index contributed by atoms with van der Waals surface area (Å²) in [7, 11) is 0. The van der Waals surface area contributed by atoms with Crippen LogP contribution in [0, 0.1) is 0 Å². The highest BCUT2D eigenvalue weighted by molar-refractivity contribution is 7.13. The van der Waals surface area contributed by atoms with E-state index in [1.807, 2.05) is 12.3 Å². The zero-order valence-electron chi connectivity index (χ0n) is 9.36. The van der Waals surface area contributed by atoms with Crippen LogP contribution >= 0.6 is 11.3 Å². The molecule has 1 fully saturated rings. The zero-order chi connectivity index (χ0) is 11.8. The minimum Gasteiger partial charge on any atom is -0.388 e. The monoisotopic (exact) mass is 241 g/mol. The van der Waals surface area contributed by atoms with Gasteiger partial charge < -0.3 is 10.4 Å². The molecule has 2 heterocycles. The first-order valence-electron chi connectivity index (χ1n) is 5.11. The normalized spacial score (nSPS) is 19.2. The number of carbonyl (C=O) groups excluding carboxylic acids is 1. The molecule has 16 heavy (non-hydrogen) atoms. The van der Waals surface area contributed by atoms with Crippen molar-refractivity contribution >= 4 is 22.4 Å². The van der Waals surface area contributed by atoms with E-state index in [0.717, 1.165) is 12.2 Å². The van der Waals surface area contributed by atoms with Crippen LogP contribution in [0.2, 0.25) is 0 Å². The number of rotatable bonds is 3. The Labute approximate surface area is 98.1 Å². The van der Waals surface area contributed by atoms with E-state index < -0.39 is 5.60 Å². The first-order valence-corrected chi connectivity index (χ1v) is 5.99. The van der Waals surface area contributed by atoms with Gasteiger partial charge in [0.05, 0.1) is 11.3 Å². The Bertz CT molecular complexity index is 395. The highest BCUT2D eigenvalue weighted by atomic mass is 32.1. The van der Waals surface area contributed by atoms with Crippen molar-refractivity contribution in [2.45, 2.75) is 26.0 Å². The molecule has 0 bridgehead atoms. The number of likely N-dealkylation sites (tertiary alicyclic amines) is 1. The summed E-state index contributed by atoms with van der Waals surface area (Å²) in [6.07, 6.45) is 0. The van der Waals surface area contributed by atoms with E-state index in [-0.39, 0.29) is 5.91 Å². The molecule has 1 aliphatic rings. The summed E-state index contributed by atoms with van der Waals surface area (Å²) in [5.41, 5.74) is 0.389. The van der Waals surface area contributed by atoms with E-state index in [1.54, 1.807) is 0 Å². The molecule has 0 aliphatic carbocycles. The molecule has 1 aromatic heterocycles. The van der Waals surface area contributed by atoms with Gasteiger partial charge >= 0.3 is 0 Å². The minimum atomic E-state index is -0.545. The summed E-state index contributed by atoms with van der Waals surface area (Å²) < 4.78 is 0.